The molecule has 2 heterocycles. The maximum Gasteiger partial charge on any atom is 0.255 e. The molecule has 0 saturated carbocycles. The van der Waals surface area contributed by atoms with Crippen LogP contribution in [0.1, 0.15) is 15.9 Å². The summed E-state index contributed by atoms with van der Waals surface area (Å²) in [7, 11) is 1.59. The van der Waals surface area contributed by atoms with Crippen LogP contribution < -0.4 is 14.8 Å². The maximum atomic E-state index is 12.4. The van der Waals surface area contributed by atoms with Gasteiger partial charge in [-0.15, -0.1) is 0 Å². The first-order valence-corrected chi connectivity index (χ1v) is 7.90. The molecule has 0 radical (unpaired) electrons. The van der Waals surface area contributed by atoms with Crippen molar-refractivity contribution in [2.75, 3.05) is 12.4 Å². The van der Waals surface area contributed by atoms with Crippen LogP contribution in [-0.4, -0.2) is 18.0 Å². The Hall–Kier alpha value is -3.34. The van der Waals surface area contributed by atoms with Gasteiger partial charge in [0.2, 0.25) is 0 Å². The van der Waals surface area contributed by atoms with E-state index >= 15 is 0 Å². The van der Waals surface area contributed by atoms with Gasteiger partial charge in [-0.3, -0.25) is 9.78 Å². The summed E-state index contributed by atoms with van der Waals surface area (Å²) < 4.78 is 10.9. The van der Waals surface area contributed by atoms with E-state index in [1.54, 1.807) is 37.6 Å². The van der Waals surface area contributed by atoms with Gasteiger partial charge in [0, 0.05) is 40.8 Å². The molecule has 1 aliphatic heterocycles. The molecule has 0 atom stereocenters. The van der Waals surface area contributed by atoms with Crippen LogP contribution in [0.3, 0.4) is 0 Å². The van der Waals surface area contributed by atoms with Gasteiger partial charge in [-0.25, -0.2) is 0 Å². The van der Waals surface area contributed by atoms with Gasteiger partial charge in [-0.2, -0.15) is 0 Å². The number of aromatic nitrogens is 1. The molecule has 0 spiro atoms. The third-order valence-corrected chi connectivity index (χ3v) is 4.17. The predicted octanol–water partition coefficient (Wildman–Crippen LogP) is 3.90. The molecule has 5 nitrogen and oxygen atoms in total. The van der Waals surface area contributed by atoms with E-state index in [2.05, 4.69) is 10.3 Å². The highest BCUT2D eigenvalue weighted by molar-refractivity contribution is 6.04. The summed E-state index contributed by atoms with van der Waals surface area (Å²) in [6.07, 6.45) is 3.59. The molecule has 0 aliphatic carbocycles. The second-order valence-corrected chi connectivity index (χ2v) is 5.72. The van der Waals surface area contributed by atoms with Crippen molar-refractivity contribution in [3.05, 3.63) is 72.1 Å². The fraction of sp³-hybridized carbons (Fsp3) is 0.100. The minimum absolute atomic E-state index is 0.178. The van der Waals surface area contributed by atoms with Crippen LogP contribution in [-0.2, 0) is 6.61 Å². The molecule has 2 aromatic carbocycles. The SMILES string of the molecule is COc1ccc(C(=O)Nc2ccc3c(c2)OCc2cnccc2-3)cc1. The largest absolute Gasteiger partial charge is 0.497 e. The van der Waals surface area contributed by atoms with Crippen molar-refractivity contribution in [3.8, 4) is 22.6 Å². The van der Waals surface area contributed by atoms with Crippen LogP contribution in [0.5, 0.6) is 11.5 Å². The molecule has 124 valence electrons. The summed E-state index contributed by atoms with van der Waals surface area (Å²) in [6, 6.07) is 14.6. The van der Waals surface area contributed by atoms with Crippen molar-refractivity contribution in [2.24, 2.45) is 0 Å². The van der Waals surface area contributed by atoms with Gasteiger partial charge in [0.05, 0.1) is 7.11 Å². The Morgan fingerprint density at radius 2 is 1.96 bits per heavy atom. The number of rotatable bonds is 3. The average Bonchev–Trinajstić information content (AvgIpc) is 2.67. The van der Waals surface area contributed by atoms with Crippen molar-refractivity contribution in [1.29, 1.82) is 0 Å². The molecule has 1 aliphatic rings. The molecule has 25 heavy (non-hydrogen) atoms. The summed E-state index contributed by atoms with van der Waals surface area (Å²) in [5.74, 6) is 1.29. The molecule has 1 aromatic heterocycles. The number of carbonyl (C=O) groups is 1. The van der Waals surface area contributed by atoms with E-state index in [0.717, 1.165) is 22.4 Å². The number of benzene rings is 2. The Kier molecular flexibility index (Phi) is 3.82. The van der Waals surface area contributed by atoms with E-state index < -0.39 is 0 Å². The number of pyridine rings is 1. The van der Waals surface area contributed by atoms with Crippen LogP contribution in [0.2, 0.25) is 0 Å². The quantitative estimate of drug-likeness (QED) is 0.790. The topological polar surface area (TPSA) is 60.5 Å². The second kappa shape index (κ2) is 6.28. The van der Waals surface area contributed by atoms with E-state index in [9.17, 15) is 4.79 Å². The number of nitrogens with one attached hydrogen (secondary N) is 1. The fourth-order valence-electron chi connectivity index (χ4n) is 2.85. The van der Waals surface area contributed by atoms with Gasteiger partial charge in [0.15, 0.2) is 0 Å². The smallest absolute Gasteiger partial charge is 0.255 e. The zero-order valence-electron chi connectivity index (χ0n) is 13.7. The van der Waals surface area contributed by atoms with Gasteiger partial charge in [-0.1, -0.05) is 0 Å². The molecule has 1 amide bonds. The predicted molar refractivity (Wildman–Crippen MR) is 95.0 cm³/mol. The third kappa shape index (κ3) is 2.92. The van der Waals surface area contributed by atoms with E-state index in [4.69, 9.17) is 9.47 Å². The van der Waals surface area contributed by atoms with Gasteiger partial charge < -0.3 is 14.8 Å². The number of hydrogen-bond acceptors (Lipinski definition) is 4. The van der Waals surface area contributed by atoms with E-state index in [1.165, 1.54) is 0 Å². The lowest BCUT2D eigenvalue weighted by molar-refractivity contribution is 0.102. The molecule has 3 aromatic rings. The summed E-state index contributed by atoms with van der Waals surface area (Å²) in [4.78, 5) is 16.5. The Morgan fingerprint density at radius 1 is 1.12 bits per heavy atom. The number of carbonyl (C=O) groups excluding carboxylic acids is 1. The van der Waals surface area contributed by atoms with Crippen LogP contribution in [0.25, 0.3) is 11.1 Å². The number of anilines is 1. The zero-order chi connectivity index (χ0) is 17.2. The lowest BCUT2D eigenvalue weighted by Crippen LogP contribution is -2.12. The Labute approximate surface area is 145 Å². The van der Waals surface area contributed by atoms with Crippen LogP contribution >= 0.6 is 0 Å². The highest BCUT2D eigenvalue weighted by Crippen LogP contribution is 2.38. The lowest BCUT2D eigenvalue weighted by Gasteiger charge is -2.21. The maximum absolute atomic E-state index is 12.4. The first-order chi connectivity index (χ1) is 12.2. The summed E-state index contributed by atoms with van der Waals surface area (Å²) in [5.41, 5.74) is 4.44. The van der Waals surface area contributed by atoms with Gasteiger partial charge in [-0.05, 0) is 48.0 Å². The molecule has 0 unspecified atom stereocenters. The first-order valence-electron chi connectivity index (χ1n) is 7.90. The first kappa shape index (κ1) is 15.2. The minimum Gasteiger partial charge on any atom is -0.497 e. The van der Waals surface area contributed by atoms with Crippen molar-refractivity contribution < 1.29 is 14.3 Å². The molecule has 5 heteroatoms. The van der Waals surface area contributed by atoms with Gasteiger partial charge >= 0.3 is 0 Å². The fourth-order valence-corrected chi connectivity index (χ4v) is 2.85. The summed E-state index contributed by atoms with van der Waals surface area (Å²) >= 11 is 0. The Balaban J connectivity index is 1.57. The van der Waals surface area contributed by atoms with E-state index in [1.807, 2.05) is 30.5 Å². The minimum atomic E-state index is -0.178. The van der Waals surface area contributed by atoms with Crippen molar-refractivity contribution >= 4 is 11.6 Å². The molecular formula is C20H16N2O3. The number of fused-ring (bicyclic) bond motifs is 3. The highest BCUT2D eigenvalue weighted by Gasteiger charge is 2.18. The molecule has 0 fully saturated rings. The Bertz CT molecular complexity index is 936. The number of hydrogen-bond donors (Lipinski definition) is 1. The van der Waals surface area contributed by atoms with Crippen molar-refractivity contribution in [1.82, 2.24) is 4.98 Å². The van der Waals surface area contributed by atoms with E-state index in [0.29, 0.717) is 23.6 Å². The molecule has 1 N–H and O–H groups in total. The normalized spacial score (nSPS) is 11.7. The van der Waals surface area contributed by atoms with Crippen LogP contribution in [0, 0.1) is 0 Å². The standard InChI is InChI=1S/C20H16N2O3/c1-24-16-5-2-13(3-6-16)20(23)22-15-4-7-18-17-8-9-21-11-14(17)12-25-19(18)10-15/h2-11H,12H2,1H3,(H,22,23). The number of methoxy groups -OCH3 is 1. The van der Waals surface area contributed by atoms with Crippen LogP contribution in [0.4, 0.5) is 5.69 Å². The number of nitrogens with zero attached hydrogens (tertiary/aromatic N) is 1. The van der Waals surface area contributed by atoms with Gasteiger partial charge in [0.25, 0.3) is 5.91 Å². The average molecular weight is 332 g/mol. The number of amides is 1. The second-order valence-electron chi connectivity index (χ2n) is 5.72. The zero-order valence-corrected chi connectivity index (χ0v) is 13.7. The van der Waals surface area contributed by atoms with E-state index in [-0.39, 0.29) is 5.91 Å². The van der Waals surface area contributed by atoms with Crippen molar-refractivity contribution in [3.63, 3.8) is 0 Å². The molecule has 0 saturated heterocycles. The highest BCUT2D eigenvalue weighted by atomic mass is 16.5. The molecular weight excluding hydrogens is 316 g/mol. The monoisotopic (exact) mass is 332 g/mol. The van der Waals surface area contributed by atoms with Gasteiger partial charge in [0.1, 0.15) is 18.1 Å². The molecule has 0 bridgehead atoms. The third-order valence-electron chi connectivity index (χ3n) is 4.17. The Morgan fingerprint density at radius 3 is 2.76 bits per heavy atom. The van der Waals surface area contributed by atoms with Crippen LogP contribution in [0.15, 0.2) is 60.9 Å². The lowest BCUT2D eigenvalue weighted by atomic mass is 9.98. The summed E-state index contributed by atoms with van der Waals surface area (Å²) in [6.45, 7) is 0.478. The summed E-state index contributed by atoms with van der Waals surface area (Å²) in [5, 5.41) is 2.90. The van der Waals surface area contributed by atoms with Crippen molar-refractivity contribution in [2.45, 2.75) is 6.61 Å². The number of ether oxygens (including phenoxy) is 2. The molecule has 4 rings (SSSR count).